The molecule has 0 amide bonds. The van der Waals surface area contributed by atoms with Gasteiger partial charge in [-0.25, -0.2) is 0 Å². The molecule has 0 spiro atoms. The zero-order chi connectivity index (χ0) is 12.6. The normalized spacial score (nSPS) is 12.4. The van der Waals surface area contributed by atoms with Gasteiger partial charge in [0.15, 0.2) is 0 Å². The Balaban J connectivity index is 4.31. The van der Waals surface area contributed by atoms with Gasteiger partial charge < -0.3 is 10.2 Å². The van der Waals surface area contributed by atoms with E-state index in [9.17, 15) is 13.8 Å². The summed E-state index contributed by atoms with van der Waals surface area (Å²) in [6, 6.07) is 0. The molecule has 0 aliphatic rings. The van der Waals surface area contributed by atoms with Crippen molar-refractivity contribution in [2.45, 2.75) is 44.3 Å². The number of carboxylic acids is 2. The van der Waals surface area contributed by atoms with Gasteiger partial charge in [0.25, 0.3) is 0 Å². The maximum atomic E-state index is 10.7. The number of carboxylic acid groups (broad SMARTS) is 2. The molecule has 0 bridgehead atoms. The zero-order valence-electron chi connectivity index (χ0n) is 9.22. The molecule has 0 heterocycles. The summed E-state index contributed by atoms with van der Waals surface area (Å²) in [6.45, 7) is 1.94. The van der Waals surface area contributed by atoms with E-state index in [-0.39, 0.29) is 18.1 Å². The van der Waals surface area contributed by atoms with Gasteiger partial charge in [0.1, 0.15) is 0 Å². The van der Waals surface area contributed by atoms with Crippen LogP contribution in [0.5, 0.6) is 0 Å². The van der Waals surface area contributed by atoms with E-state index in [0.717, 1.165) is 6.42 Å². The van der Waals surface area contributed by atoms with Gasteiger partial charge in [-0.05, 0) is 5.92 Å². The predicted octanol–water partition coefficient (Wildman–Crippen LogP) is 1.54. The highest BCUT2D eigenvalue weighted by Gasteiger charge is 2.28. The monoisotopic (exact) mass is 249 g/mol. The second-order valence-electron chi connectivity index (χ2n) is 3.80. The second-order valence-corrected chi connectivity index (χ2v) is 4.66. The Kier molecular flexibility index (Phi) is 7.62. The van der Waals surface area contributed by atoms with Crippen LogP contribution in [-0.2, 0) is 25.5 Å². The molecule has 0 rings (SSSR count). The molecular formula is C10H17O5S+. The van der Waals surface area contributed by atoms with Gasteiger partial charge in [-0.2, -0.15) is 0 Å². The van der Waals surface area contributed by atoms with Crippen molar-refractivity contribution in [3.8, 4) is 0 Å². The molecule has 0 fully saturated rings. The molecule has 0 aromatic heterocycles. The van der Waals surface area contributed by atoms with Crippen molar-refractivity contribution in [3.63, 3.8) is 0 Å². The molecule has 16 heavy (non-hydrogen) atoms. The van der Waals surface area contributed by atoms with E-state index in [1.165, 1.54) is 0 Å². The molecule has 0 radical (unpaired) electrons. The number of hydrogen-bond donors (Lipinski definition) is 2. The van der Waals surface area contributed by atoms with Crippen molar-refractivity contribution in [3.05, 3.63) is 0 Å². The van der Waals surface area contributed by atoms with E-state index in [4.69, 9.17) is 10.2 Å². The van der Waals surface area contributed by atoms with Crippen LogP contribution in [0.4, 0.5) is 0 Å². The molecule has 5 nitrogen and oxygen atoms in total. The zero-order valence-corrected chi connectivity index (χ0v) is 10.0. The summed E-state index contributed by atoms with van der Waals surface area (Å²) in [6.07, 6.45) is 1.53. The van der Waals surface area contributed by atoms with Gasteiger partial charge in [-0.15, -0.1) is 0 Å². The number of hydrogen-bond acceptors (Lipinski definition) is 3. The predicted molar refractivity (Wildman–Crippen MR) is 59.4 cm³/mol. The van der Waals surface area contributed by atoms with Crippen molar-refractivity contribution in [1.29, 1.82) is 0 Å². The van der Waals surface area contributed by atoms with Crippen molar-refractivity contribution >= 4 is 23.6 Å². The maximum Gasteiger partial charge on any atom is 0.462 e. The Labute approximate surface area is 98.3 Å². The van der Waals surface area contributed by atoms with Gasteiger partial charge in [0.05, 0.1) is 0 Å². The van der Waals surface area contributed by atoms with Gasteiger partial charge >= 0.3 is 23.6 Å². The van der Waals surface area contributed by atoms with Crippen LogP contribution in [0, 0.1) is 5.92 Å². The Morgan fingerprint density at radius 1 is 1.19 bits per heavy atom. The van der Waals surface area contributed by atoms with Crippen molar-refractivity contribution < 1.29 is 24.0 Å². The minimum Gasteiger partial charge on any atom is -0.481 e. The van der Waals surface area contributed by atoms with Crippen LogP contribution in [0.2, 0.25) is 0 Å². The van der Waals surface area contributed by atoms with Gasteiger partial charge in [0.2, 0.25) is 5.25 Å². The van der Waals surface area contributed by atoms with Gasteiger partial charge in [-0.3, -0.25) is 9.59 Å². The van der Waals surface area contributed by atoms with E-state index in [1.54, 1.807) is 0 Å². The first-order valence-corrected chi connectivity index (χ1v) is 6.02. The summed E-state index contributed by atoms with van der Waals surface area (Å²) >= 11 is 0.441. The Morgan fingerprint density at radius 3 is 2.00 bits per heavy atom. The molecule has 0 saturated heterocycles. The quantitative estimate of drug-likeness (QED) is 0.605. The SMILES string of the molecule is CCCC(CC(CC(=O)O)CC(=O)O)[S+]=O. The first-order valence-electron chi connectivity index (χ1n) is 5.21. The van der Waals surface area contributed by atoms with Gasteiger partial charge in [-0.1, -0.05) is 13.3 Å². The molecule has 0 aliphatic carbocycles. The lowest BCUT2D eigenvalue weighted by Crippen LogP contribution is -2.19. The van der Waals surface area contributed by atoms with Gasteiger partial charge in [0, 0.05) is 29.9 Å². The molecule has 0 aromatic rings. The number of rotatable bonds is 9. The Hall–Kier alpha value is -1.04. The molecule has 0 aromatic carbocycles. The maximum absolute atomic E-state index is 10.7. The van der Waals surface area contributed by atoms with E-state index in [1.807, 2.05) is 6.92 Å². The third-order valence-electron chi connectivity index (χ3n) is 2.27. The fraction of sp³-hybridized carbons (Fsp3) is 0.800. The lowest BCUT2D eigenvalue weighted by atomic mass is 9.94. The average Bonchev–Trinajstić information content (AvgIpc) is 2.14. The molecule has 2 N–H and O–H groups in total. The largest absolute Gasteiger partial charge is 0.481 e. The number of carbonyl (C=O) groups is 2. The highest BCUT2D eigenvalue weighted by molar-refractivity contribution is 7.66. The smallest absolute Gasteiger partial charge is 0.462 e. The van der Waals surface area contributed by atoms with E-state index < -0.39 is 17.9 Å². The molecule has 1 unspecified atom stereocenters. The summed E-state index contributed by atoms with van der Waals surface area (Å²) in [5.41, 5.74) is 0. The molecule has 6 heteroatoms. The summed E-state index contributed by atoms with van der Waals surface area (Å²) < 4.78 is 10.7. The van der Waals surface area contributed by atoms with Crippen LogP contribution in [0.1, 0.15) is 39.0 Å². The van der Waals surface area contributed by atoms with E-state index >= 15 is 0 Å². The first-order chi connectivity index (χ1) is 7.49. The fourth-order valence-electron chi connectivity index (χ4n) is 1.63. The average molecular weight is 249 g/mol. The lowest BCUT2D eigenvalue weighted by Gasteiger charge is -2.11. The standard InChI is InChI=1S/C10H16O5S/c1-2-3-8(16-15)4-7(5-9(11)12)6-10(13)14/h7-8H,2-6H2,1H3,(H-,11,12,13,14)/p+1. The third kappa shape index (κ3) is 7.28. The summed E-state index contributed by atoms with van der Waals surface area (Å²) in [7, 11) is 0. The van der Waals surface area contributed by atoms with Crippen LogP contribution < -0.4 is 0 Å². The van der Waals surface area contributed by atoms with E-state index in [0.29, 0.717) is 24.5 Å². The first kappa shape index (κ1) is 15.0. The van der Waals surface area contributed by atoms with Crippen LogP contribution in [0.3, 0.4) is 0 Å². The minimum atomic E-state index is -1.02. The van der Waals surface area contributed by atoms with Crippen LogP contribution >= 0.6 is 0 Å². The topological polar surface area (TPSA) is 91.7 Å². The van der Waals surface area contributed by atoms with Crippen LogP contribution in [0.25, 0.3) is 0 Å². The second kappa shape index (κ2) is 8.15. The van der Waals surface area contributed by atoms with Crippen molar-refractivity contribution in [2.24, 2.45) is 5.92 Å². The Bertz CT molecular complexity index is 238. The lowest BCUT2D eigenvalue weighted by molar-refractivity contribution is -0.140. The van der Waals surface area contributed by atoms with Crippen molar-refractivity contribution in [2.75, 3.05) is 0 Å². The summed E-state index contributed by atoms with van der Waals surface area (Å²) in [4.78, 5) is 21.1. The van der Waals surface area contributed by atoms with Crippen LogP contribution in [-0.4, -0.2) is 27.4 Å². The minimum absolute atomic E-state index is 0.186. The molecular weight excluding hydrogens is 232 g/mol. The molecule has 0 saturated carbocycles. The van der Waals surface area contributed by atoms with Crippen molar-refractivity contribution in [1.82, 2.24) is 0 Å². The van der Waals surface area contributed by atoms with E-state index in [2.05, 4.69) is 0 Å². The highest BCUT2D eigenvalue weighted by atomic mass is 32.1. The highest BCUT2D eigenvalue weighted by Crippen LogP contribution is 2.19. The van der Waals surface area contributed by atoms with Crippen LogP contribution in [0.15, 0.2) is 0 Å². The number of aliphatic carboxylic acids is 2. The summed E-state index contributed by atoms with van der Waals surface area (Å²) in [5.74, 6) is -2.48. The fourth-order valence-corrected chi connectivity index (χ4v) is 2.31. The molecule has 92 valence electrons. The Morgan fingerprint density at radius 2 is 1.69 bits per heavy atom. The summed E-state index contributed by atoms with van der Waals surface area (Å²) in [5, 5.41) is 17.1. The molecule has 1 atom stereocenters. The third-order valence-corrected chi connectivity index (χ3v) is 2.97. The molecule has 0 aliphatic heterocycles.